The van der Waals surface area contributed by atoms with Crippen LogP contribution < -0.4 is 10.2 Å². The molecule has 1 amide bonds. The average Bonchev–Trinajstić information content (AvgIpc) is 2.51. The van der Waals surface area contributed by atoms with E-state index < -0.39 is 0 Å². The molecule has 0 radical (unpaired) electrons. The summed E-state index contributed by atoms with van der Waals surface area (Å²) >= 11 is 0. The summed E-state index contributed by atoms with van der Waals surface area (Å²) < 4.78 is 5.69. The zero-order chi connectivity index (χ0) is 16.7. The van der Waals surface area contributed by atoms with Crippen molar-refractivity contribution in [1.82, 2.24) is 10.2 Å². The molecule has 2 rings (SSSR count). The molecule has 1 aromatic rings. The lowest BCUT2D eigenvalue weighted by Crippen LogP contribution is -2.49. The molecule has 2 atom stereocenters. The second-order valence-electron chi connectivity index (χ2n) is 6.41. The van der Waals surface area contributed by atoms with Crippen molar-refractivity contribution < 1.29 is 9.53 Å². The fraction of sp³-hybridized carbons (Fsp3) is 0.611. The Hall–Kier alpha value is -1.59. The molecule has 128 valence electrons. The first kappa shape index (κ1) is 17.8. The Labute approximate surface area is 139 Å². The van der Waals surface area contributed by atoms with Crippen LogP contribution >= 0.6 is 0 Å². The SMILES string of the molecule is CC1CN(CC(=O)NCCCN(C)c2ccccc2)CC(C)O1. The summed E-state index contributed by atoms with van der Waals surface area (Å²) in [6.07, 6.45) is 1.34. The van der Waals surface area contributed by atoms with E-state index in [-0.39, 0.29) is 18.1 Å². The Morgan fingerprint density at radius 1 is 1.26 bits per heavy atom. The number of morpholine rings is 1. The zero-order valence-electron chi connectivity index (χ0n) is 14.5. The standard InChI is InChI=1S/C18H29N3O2/c1-15-12-21(13-16(2)23-15)14-18(22)19-10-7-11-20(3)17-8-5-4-6-9-17/h4-6,8-9,15-16H,7,10-14H2,1-3H3,(H,19,22). The highest BCUT2D eigenvalue weighted by atomic mass is 16.5. The summed E-state index contributed by atoms with van der Waals surface area (Å²) in [5.41, 5.74) is 1.20. The van der Waals surface area contributed by atoms with Crippen molar-refractivity contribution in [1.29, 1.82) is 0 Å². The second-order valence-corrected chi connectivity index (χ2v) is 6.41. The largest absolute Gasteiger partial charge is 0.375 e. The number of rotatable bonds is 7. The van der Waals surface area contributed by atoms with Gasteiger partial charge in [0.15, 0.2) is 0 Å². The summed E-state index contributed by atoms with van der Waals surface area (Å²) in [4.78, 5) is 16.4. The van der Waals surface area contributed by atoms with E-state index in [4.69, 9.17) is 4.74 Å². The normalized spacial score (nSPS) is 21.9. The highest BCUT2D eigenvalue weighted by Gasteiger charge is 2.23. The molecule has 0 spiro atoms. The number of para-hydroxylation sites is 1. The summed E-state index contributed by atoms with van der Waals surface area (Å²) in [5, 5.41) is 3.02. The van der Waals surface area contributed by atoms with Crippen LogP contribution in [0.1, 0.15) is 20.3 Å². The lowest BCUT2D eigenvalue weighted by atomic mass is 10.2. The van der Waals surface area contributed by atoms with Gasteiger partial charge in [0.05, 0.1) is 18.8 Å². The zero-order valence-corrected chi connectivity index (χ0v) is 14.5. The third-order valence-electron chi connectivity index (χ3n) is 4.05. The highest BCUT2D eigenvalue weighted by molar-refractivity contribution is 5.78. The van der Waals surface area contributed by atoms with E-state index in [1.54, 1.807) is 0 Å². The Kier molecular flexibility index (Phi) is 6.86. The maximum atomic E-state index is 12.0. The Morgan fingerprint density at radius 2 is 1.91 bits per heavy atom. The van der Waals surface area contributed by atoms with Crippen molar-refractivity contribution in [2.75, 3.05) is 44.7 Å². The van der Waals surface area contributed by atoms with Crippen molar-refractivity contribution in [2.45, 2.75) is 32.5 Å². The van der Waals surface area contributed by atoms with E-state index in [0.717, 1.165) is 26.1 Å². The van der Waals surface area contributed by atoms with Crippen LogP contribution in [0.5, 0.6) is 0 Å². The summed E-state index contributed by atoms with van der Waals surface area (Å²) in [7, 11) is 2.08. The van der Waals surface area contributed by atoms with Gasteiger partial charge < -0.3 is 15.0 Å². The number of hydrogen-bond donors (Lipinski definition) is 1. The van der Waals surface area contributed by atoms with Gasteiger partial charge in [0, 0.05) is 38.9 Å². The van der Waals surface area contributed by atoms with Crippen molar-refractivity contribution >= 4 is 11.6 Å². The molecule has 0 aliphatic carbocycles. The van der Waals surface area contributed by atoms with Gasteiger partial charge in [-0.1, -0.05) is 18.2 Å². The first-order chi connectivity index (χ1) is 11.0. The van der Waals surface area contributed by atoms with Crippen LogP contribution in [0.4, 0.5) is 5.69 Å². The van der Waals surface area contributed by atoms with Crippen molar-refractivity contribution in [3.05, 3.63) is 30.3 Å². The molecule has 5 nitrogen and oxygen atoms in total. The maximum Gasteiger partial charge on any atom is 0.234 e. The molecular weight excluding hydrogens is 290 g/mol. The van der Waals surface area contributed by atoms with Crippen LogP contribution in [0, 0.1) is 0 Å². The van der Waals surface area contributed by atoms with Crippen molar-refractivity contribution in [3.8, 4) is 0 Å². The third-order valence-corrected chi connectivity index (χ3v) is 4.05. The number of nitrogens with zero attached hydrogens (tertiary/aromatic N) is 2. The molecule has 2 unspecified atom stereocenters. The van der Waals surface area contributed by atoms with Gasteiger partial charge in [0.2, 0.25) is 5.91 Å². The van der Waals surface area contributed by atoms with E-state index >= 15 is 0 Å². The number of benzene rings is 1. The number of anilines is 1. The number of hydrogen-bond acceptors (Lipinski definition) is 4. The van der Waals surface area contributed by atoms with Gasteiger partial charge in [-0.05, 0) is 32.4 Å². The molecule has 1 saturated heterocycles. The van der Waals surface area contributed by atoms with E-state index in [1.165, 1.54) is 5.69 Å². The van der Waals surface area contributed by atoms with Gasteiger partial charge in [0.25, 0.3) is 0 Å². The van der Waals surface area contributed by atoms with Gasteiger partial charge in [0.1, 0.15) is 0 Å². The predicted molar refractivity (Wildman–Crippen MR) is 93.8 cm³/mol. The molecule has 5 heteroatoms. The van der Waals surface area contributed by atoms with Gasteiger partial charge in [-0.15, -0.1) is 0 Å². The molecule has 1 N–H and O–H groups in total. The maximum absolute atomic E-state index is 12.0. The van der Waals surface area contributed by atoms with Gasteiger partial charge >= 0.3 is 0 Å². The van der Waals surface area contributed by atoms with Crippen LogP contribution in [-0.2, 0) is 9.53 Å². The molecule has 0 bridgehead atoms. The fourth-order valence-corrected chi connectivity index (χ4v) is 3.03. The van der Waals surface area contributed by atoms with Crippen LogP contribution in [0.15, 0.2) is 30.3 Å². The molecule has 23 heavy (non-hydrogen) atoms. The summed E-state index contributed by atoms with van der Waals surface area (Å²) in [6, 6.07) is 10.3. The molecule has 1 heterocycles. The minimum atomic E-state index is 0.105. The van der Waals surface area contributed by atoms with Crippen LogP contribution in [0.25, 0.3) is 0 Å². The molecule has 0 saturated carbocycles. The minimum absolute atomic E-state index is 0.105. The number of carbonyl (C=O) groups is 1. The number of amides is 1. The summed E-state index contributed by atoms with van der Waals surface area (Å²) in [6.45, 7) is 7.87. The topological polar surface area (TPSA) is 44.8 Å². The number of carbonyl (C=O) groups excluding carboxylic acids is 1. The van der Waals surface area contributed by atoms with E-state index in [1.807, 2.05) is 18.2 Å². The molecular formula is C18H29N3O2. The second kappa shape index (κ2) is 8.89. The van der Waals surface area contributed by atoms with Gasteiger partial charge in [-0.25, -0.2) is 0 Å². The van der Waals surface area contributed by atoms with Crippen LogP contribution in [0.3, 0.4) is 0 Å². The van der Waals surface area contributed by atoms with E-state index in [2.05, 4.69) is 48.1 Å². The third kappa shape index (κ3) is 6.20. The van der Waals surface area contributed by atoms with Crippen molar-refractivity contribution in [2.24, 2.45) is 0 Å². The van der Waals surface area contributed by atoms with Gasteiger partial charge in [-0.2, -0.15) is 0 Å². The van der Waals surface area contributed by atoms with Crippen LogP contribution in [-0.4, -0.2) is 62.8 Å². The minimum Gasteiger partial charge on any atom is -0.375 e. The quantitative estimate of drug-likeness (QED) is 0.778. The average molecular weight is 319 g/mol. The van der Waals surface area contributed by atoms with E-state index in [9.17, 15) is 4.79 Å². The molecule has 0 aromatic heterocycles. The fourth-order valence-electron chi connectivity index (χ4n) is 3.03. The summed E-state index contributed by atoms with van der Waals surface area (Å²) in [5.74, 6) is 0.105. The Bertz CT molecular complexity index is 470. The number of ether oxygens (including phenoxy) is 1. The molecule has 1 aromatic carbocycles. The van der Waals surface area contributed by atoms with E-state index in [0.29, 0.717) is 13.1 Å². The molecule has 1 fully saturated rings. The first-order valence-electron chi connectivity index (χ1n) is 8.45. The lowest BCUT2D eigenvalue weighted by Gasteiger charge is -2.34. The predicted octanol–water partition coefficient (Wildman–Crippen LogP) is 1.74. The smallest absolute Gasteiger partial charge is 0.234 e. The number of nitrogens with one attached hydrogen (secondary N) is 1. The Morgan fingerprint density at radius 3 is 2.57 bits per heavy atom. The van der Waals surface area contributed by atoms with Crippen LogP contribution in [0.2, 0.25) is 0 Å². The highest BCUT2D eigenvalue weighted by Crippen LogP contribution is 2.11. The molecule has 1 aliphatic heterocycles. The molecule has 1 aliphatic rings. The monoisotopic (exact) mass is 319 g/mol. The van der Waals surface area contributed by atoms with Crippen molar-refractivity contribution in [3.63, 3.8) is 0 Å². The lowest BCUT2D eigenvalue weighted by molar-refractivity contribution is -0.125. The Balaban J connectivity index is 1.61. The van der Waals surface area contributed by atoms with Gasteiger partial charge in [-0.3, -0.25) is 9.69 Å². The first-order valence-corrected chi connectivity index (χ1v) is 8.45.